The van der Waals surface area contributed by atoms with Gasteiger partial charge in [-0.15, -0.1) is 0 Å². The quantitative estimate of drug-likeness (QED) is 0.883. The highest BCUT2D eigenvalue weighted by Gasteiger charge is 2.23. The summed E-state index contributed by atoms with van der Waals surface area (Å²) in [7, 11) is 1.40. The predicted octanol–water partition coefficient (Wildman–Crippen LogP) is 2.42. The molecule has 126 valence electrons. The number of carbonyl (C=O) groups is 2. The third kappa shape index (κ3) is 4.38. The molecule has 6 heteroatoms. The third-order valence-electron chi connectivity index (χ3n) is 3.58. The Morgan fingerprint density at radius 3 is 2.29 bits per heavy atom. The van der Waals surface area contributed by atoms with Gasteiger partial charge in [0.15, 0.2) is 11.6 Å². The molecule has 0 saturated carbocycles. The first kappa shape index (κ1) is 17.6. The first-order valence-corrected chi connectivity index (χ1v) is 7.42. The van der Waals surface area contributed by atoms with Crippen molar-refractivity contribution in [3.05, 3.63) is 70.8 Å². The molecule has 0 aromatic heterocycles. The van der Waals surface area contributed by atoms with Crippen LogP contribution in [0.15, 0.2) is 42.5 Å². The molecule has 1 unspecified atom stereocenters. The van der Waals surface area contributed by atoms with E-state index in [1.807, 2.05) is 31.2 Å². The molecule has 0 aliphatic carbocycles. The minimum absolute atomic E-state index is 0.0808. The molecule has 0 fully saturated rings. The van der Waals surface area contributed by atoms with Gasteiger partial charge in [-0.2, -0.15) is 0 Å². The molecule has 2 aromatic rings. The zero-order valence-electron chi connectivity index (χ0n) is 13.4. The fraction of sp³-hybridized carbons (Fsp3) is 0.222. The van der Waals surface area contributed by atoms with Crippen LogP contribution in [0.5, 0.6) is 0 Å². The number of halogens is 2. The lowest BCUT2D eigenvalue weighted by atomic mass is 10.0. The van der Waals surface area contributed by atoms with Crippen LogP contribution in [0.2, 0.25) is 0 Å². The summed E-state index contributed by atoms with van der Waals surface area (Å²) >= 11 is 0. The molecular formula is C18H18F2N2O2. The van der Waals surface area contributed by atoms with E-state index >= 15 is 0 Å². The molecular weight excluding hydrogens is 314 g/mol. The Morgan fingerprint density at radius 1 is 1.04 bits per heavy atom. The molecule has 0 radical (unpaired) electrons. The summed E-state index contributed by atoms with van der Waals surface area (Å²) in [5, 5.41) is 4.96. The van der Waals surface area contributed by atoms with Crippen molar-refractivity contribution in [2.75, 3.05) is 7.05 Å². The second-order valence-electron chi connectivity index (χ2n) is 5.45. The second kappa shape index (κ2) is 7.68. The summed E-state index contributed by atoms with van der Waals surface area (Å²) in [6.07, 6.45) is 0.0808. The van der Waals surface area contributed by atoms with E-state index < -0.39 is 29.5 Å². The van der Waals surface area contributed by atoms with Crippen LogP contribution in [-0.4, -0.2) is 18.9 Å². The molecule has 2 amide bonds. The number of benzene rings is 2. The molecule has 2 rings (SSSR count). The maximum Gasteiger partial charge on any atom is 0.246 e. The Kier molecular flexibility index (Phi) is 5.63. The SMILES string of the molecule is CNC(=O)C(NC(=O)Cc1ccc(C)cc1)c1ccc(F)c(F)c1. The summed E-state index contributed by atoms with van der Waals surface area (Å²) in [4.78, 5) is 24.2. The molecule has 0 bridgehead atoms. The van der Waals surface area contributed by atoms with E-state index in [2.05, 4.69) is 10.6 Å². The van der Waals surface area contributed by atoms with E-state index in [0.717, 1.165) is 23.3 Å². The summed E-state index contributed by atoms with van der Waals surface area (Å²) in [6.45, 7) is 1.94. The molecule has 0 aliphatic heterocycles. The van der Waals surface area contributed by atoms with Crippen molar-refractivity contribution in [2.45, 2.75) is 19.4 Å². The van der Waals surface area contributed by atoms with Crippen molar-refractivity contribution < 1.29 is 18.4 Å². The van der Waals surface area contributed by atoms with Gasteiger partial charge in [-0.05, 0) is 30.2 Å². The van der Waals surface area contributed by atoms with Crippen molar-refractivity contribution in [1.29, 1.82) is 0 Å². The molecule has 4 nitrogen and oxygen atoms in total. The van der Waals surface area contributed by atoms with Gasteiger partial charge in [0.1, 0.15) is 6.04 Å². The molecule has 0 spiro atoms. The molecule has 24 heavy (non-hydrogen) atoms. The van der Waals surface area contributed by atoms with Crippen molar-refractivity contribution >= 4 is 11.8 Å². The van der Waals surface area contributed by atoms with Crippen LogP contribution in [0.4, 0.5) is 8.78 Å². The highest BCUT2D eigenvalue weighted by Crippen LogP contribution is 2.17. The molecule has 2 N–H and O–H groups in total. The standard InChI is InChI=1S/C18H18F2N2O2/c1-11-3-5-12(6-4-11)9-16(23)22-17(18(24)21-2)13-7-8-14(19)15(20)10-13/h3-8,10,17H,9H2,1-2H3,(H,21,24)(H,22,23). The van der Waals surface area contributed by atoms with Gasteiger partial charge in [-0.1, -0.05) is 35.9 Å². The zero-order valence-corrected chi connectivity index (χ0v) is 13.4. The van der Waals surface area contributed by atoms with Crippen LogP contribution in [0, 0.1) is 18.6 Å². The minimum Gasteiger partial charge on any atom is -0.357 e. The van der Waals surface area contributed by atoms with Gasteiger partial charge in [-0.25, -0.2) is 8.78 Å². The monoisotopic (exact) mass is 332 g/mol. The smallest absolute Gasteiger partial charge is 0.246 e. The van der Waals surface area contributed by atoms with Crippen LogP contribution in [0.1, 0.15) is 22.7 Å². The highest BCUT2D eigenvalue weighted by molar-refractivity contribution is 5.89. The predicted molar refractivity (Wildman–Crippen MR) is 86.2 cm³/mol. The van der Waals surface area contributed by atoms with Crippen LogP contribution in [0.25, 0.3) is 0 Å². The van der Waals surface area contributed by atoms with E-state index in [0.29, 0.717) is 0 Å². The zero-order chi connectivity index (χ0) is 17.7. The Hall–Kier alpha value is -2.76. The van der Waals surface area contributed by atoms with Crippen LogP contribution >= 0.6 is 0 Å². The number of rotatable bonds is 5. The second-order valence-corrected chi connectivity index (χ2v) is 5.45. The largest absolute Gasteiger partial charge is 0.357 e. The number of amides is 2. The third-order valence-corrected chi connectivity index (χ3v) is 3.58. The van der Waals surface area contributed by atoms with Crippen molar-refractivity contribution in [2.24, 2.45) is 0 Å². The number of aryl methyl sites for hydroxylation is 1. The average Bonchev–Trinajstić information content (AvgIpc) is 2.56. The number of nitrogens with one attached hydrogen (secondary N) is 2. The minimum atomic E-state index is -1.09. The van der Waals surface area contributed by atoms with E-state index in [-0.39, 0.29) is 12.0 Å². The van der Waals surface area contributed by atoms with Crippen molar-refractivity contribution in [3.63, 3.8) is 0 Å². The highest BCUT2D eigenvalue weighted by atomic mass is 19.2. The maximum atomic E-state index is 13.4. The van der Waals surface area contributed by atoms with Crippen LogP contribution in [0.3, 0.4) is 0 Å². The van der Waals surface area contributed by atoms with E-state index in [1.54, 1.807) is 0 Å². The number of hydrogen-bond donors (Lipinski definition) is 2. The van der Waals surface area contributed by atoms with E-state index in [4.69, 9.17) is 0 Å². The lowest BCUT2D eigenvalue weighted by molar-refractivity contribution is -0.128. The molecule has 0 aliphatic rings. The Labute approximate surface area is 138 Å². The maximum absolute atomic E-state index is 13.4. The fourth-order valence-electron chi connectivity index (χ4n) is 2.24. The Balaban J connectivity index is 2.16. The van der Waals surface area contributed by atoms with E-state index in [9.17, 15) is 18.4 Å². The van der Waals surface area contributed by atoms with Gasteiger partial charge in [-0.3, -0.25) is 9.59 Å². The van der Waals surface area contributed by atoms with Crippen LogP contribution in [-0.2, 0) is 16.0 Å². The first-order chi connectivity index (χ1) is 11.4. The molecule has 0 heterocycles. The topological polar surface area (TPSA) is 58.2 Å². The number of carbonyl (C=O) groups excluding carboxylic acids is 2. The Bertz CT molecular complexity index is 745. The van der Waals surface area contributed by atoms with Gasteiger partial charge in [0, 0.05) is 7.05 Å². The first-order valence-electron chi connectivity index (χ1n) is 7.42. The number of likely N-dealkylation sites (N-methyl/N-ethyl adjacent to an activating group) is 1. The van der Waals surface area contributed by atoms with Gasteiger partial charge in [0.2, 0.25) is 11.8 Å². The fourth-order valence-corrected chi connectivity index (χ4v) is 2.24. The molecule has 1 atom stereocenters. The van der Waals surface area contributed by atoms with Gasteiger partial charge < -0.3 is 10.6 Å². The summed E-state index contributed by atoms with van der Waals surface area (Å²) in [6, 6.07) is 9.41. The average molecular weight is 332 g/mol. The van der Waals surface area contributed by atoms with Crippen LogP contribution < -0.4 is 10.6 Å². The van der Waals surface area contributed by atoms with Gasteiger partial charge >= 0.3 is 0 Å². The van der Waals surface area contributed by atoms with Gasteiger partial charge in [0.05, 0.1) is 6.42 Å². The summed E-state index contributed by atoms with van der Waals surface area (Å²) in [5.74, 6) is -3.00. The van der Waals surface area contributed by atoms with Gasteiger partial charge in [0.25, 0.3) is 0 Å². The Morgan fingerprint density at radius 2 is 1.71 bits per heavy atom. The summed E-state index contributed by atoms with van der Waals surface area (Å²) < 4.78 is 26.5. The van der Waals surface area contributed by atoms with Crippen molar-refractivity contribution in [1.82, 2.24) is 10.6 Å². The van der Waals surface area contributed by atoms with Crippen molar-refractivity contribution in [3.8, 4) is 0 Å². The summed E-state index contributed by atoms with van der Waals surface area (Å²) in [5.41, 5.74) is 2.04. The lowest BCUT2D eigenvalue weighted by Crippen LogP contribution is -2.39. The molecule has 0 saturated heterocycles. The lowest BCUT2D eigenvalue weighted by Gasteiger charge is -2.18. The van der Waals surface area contributed by atoms with E-state index in [1.165, 1.54) is 13.1 Å². The number of hydrogen-bond acceptors (Lipinski definition) is 2. The normalized spacial score (nSPS) is 11.7. The molecule has 2 aromatic carbocycles.